The predicted molar refractivity (Wildman–Crippen MR) is 68.7 cm³/mol. The Morgan fingerprint density at radius 2 is 1.94 bits per heavy atom. The van der Waals surface area contributed by atoms with Crippen LogP contribution in [0.2, 0.25) is 0 Å². The molecule has 0 bridgehead atoms. The van der Waals surface area contributed by atoms with Crippen LogP contribution in [0.4, 0.5) is 0 Å². The van der Waals surface area contributed by atoms with Crippen molar-refractivity contribution >= 4 is 5.91 Å². The summed E-state index contributed by atoms with van der Waals surface area (Å²) in [5.74, 6) is -0.564. The maximum atomic E-state index is 12.4. The fourth-order valence-electron chi connectivity index (χ4n) is 2.06. The van der Waals surface area contributed by atoms with Gasteiger partial charge in [-0.3, -0.25) is 4.79 Å². The molecule has 0 radical (unpaired) electrons. The highest BCUT2D eigenvalue weighted by molar-refractivity contribution is 5.99. The average Bonchev–Trinajstić information content (AvgIpc) is 3.14. The van der Waals surface area contributed by atoms with Gasteiger partial charge in [-0.25, -0.2) is 0 Å². The van der Waals surface area contributed by atoms with Crippen molar-refractivity contribution in [1.29, 1.82) is 0 Å². The third-order valence-corrected chi connectivity index (χ3v) is 3.24. The Labute approximate surface area is 107 Å². The van der Waals surface area contributed by atoms with Gasteiger partial charge in [-0.2, -0.15) is 0 Å². The molecule has 0 atom stereocenters. The molecular weight excluding hydrogens is 230 g/mol. The highest BCUT2D eigenvalue weighted by Gasteiger charge is 2.34. The summed E-state index contributed by atoms with van der Waals surface area (Å²) in [4.78, 5) is 14.2. The van der Waals surface area contributed by atoms with Crippen LogP contribution in [0.15, 0.2) is 18.2 Å². The van der Waals surface area contributed by atoms with Crippen molar-refractivity contribution in [3.8, 4) is 11.5 Å². The number of hydrogen-bond acceptors (Lipinski definition) is 3. The number of unbranched alkanes of at least 4 members (excludes halogenated alkanes) is 1. The number of amides is 1. The van der Waals surface area contributed by atoms with Gasteiger partial charge in [0.2, 0.25) is 0 Å². The second-order valence-electron chi connectivity index (χ2n) is 4.75. The van der Waals surface area contributed by atoms with Crippen LogP contribution in [0.3, 0.4) is 0 Å². The van der Waals surface area contributed by atoms with Crippen molar-refractivity contribution in [3.63, 3.8) is 0 Å². The molecule has 1 saturated carbocycles. The minimum Gasteiger partial charge on any atom is -0.507 e. The second kappa shape index (κ2) is 5.29. The molecule has 0 aliphatic heterocycles. The molecule has 2 rings (SSSR count). The Bertz CT molecular complexity index is 420. The van der Waals surface area contributed by atoms with Crippen LogP contribution < -0.4 is 0 Å². The SMILES string of the molecule is CCCCN(C(=O)c1c(O)cccc1O)C1CC1. The van der Waals surface area contributed by atoms with E-state index in [-0.39, 0.29) is 29.0 Å². The lowest BCUT2D eigenvalue weighted by molar-refractivity contribution is 0.0734. The summed E-state index contributed by atoms with van der Waals surface area (Å²) in [6.45, 7) is 2.76. The Hall–Kier alpha value is -1.71. The highest BCUT2D eigenvalue weighted by Crippen LogP contribution is 2.33. The van der Waals surface area contributed by atoms with Crippen LogP contribution in [0.1, 0.15) is 43.0 Å². The molecule has 1 aromatic rings. The van der Waals surface area contributed by atoms with E-state index in [2.05, 4.69) is 6.92 Å². The summed E-state index contributed by atoms with van der Waals surface area (Å²) in [6.07, 6.45) is 3.99. The number of aromatic hydroxyl groups is 2. The first-order valence-corrected chi connectivity index (χ1v) is 6.47. The summed E-state index contributed by atoms with van der Waals surface area (Å²) in [5, 5.41) is 19.5. The molecule has 0 spiro atoms. The monoisotopic (exact) mass is 249 g/mol. The third kappa shape index (κ3) is 2.58. The Kier molecular flexibility index (Phi) is 3.75. The first kappa shape index (κ1) is 12.7. The van der Waals surface area contributed by atoms with E-state index in [1.807, 2.05) is 0 Å². The zero-order valence-electron chi connectivity index (χ0n) is 10.6. The zero-order chi connectivity index (χ0) is 13.1. The quantitative estimate of drug-likeness (QED) is 0.842. The average molecular weight is 249 g/mol. The minimum atomic E-state index is -0.262. The van der Waals surface area contributed by atoms with Crippen LogP contribution in [0, 0.1) is 0 Å². The van der Waals surface area contributed by atoms with E-state index < -0.39 is 0 Å². The summed E-state index contributed by atoms with van der Waals surface area (Å²) >= 11 is 0. The molecule has 2 N–H and O–H groups in total. The van der Waals surface area contributed by atoms with Gasteiger partial charge in [0.05, 0.1) is 0 Å². The van der Waals surface area contributed by atoms with Crippen molar-refractivity contribution in [2.75, 3.05) is 6.54 Å². The molecule has 1 fully saturated rings. The summed E-state index contributed by atoms with van der Waals surface area (Å²) < 4.78 is 0. The number of phenolic OH excluding ortho intramolecular Hbond substituents is 2. The number of benzene rings is 1. The van der Waals surface area contributed by atoms with Crippen molar-refractivity contribution < 1.29 is 15.0 Å². The zero-order valence-corrected chi connectivity index (χ0v) is 10.6. The predicted octanol–water partition coefficient (Wildman–Crippen LogP) is 2.50. The molecule has 98 valence electrons. The number of rotatable bonds is 5. The van der Waals surface area contributed by atoms with Crippen molar-refractivity contribution in [2.24, 2.45) is 0 Å². The van der Waals surface area contributed by atoms with Crippen LogP contribution in [0.5, 0.6) is 11.5 Å². The van der Waals surface area contributed by atoms with Gasteiger partial charge in [0, 0.05) is 12.6 Å². The second-order valence-corrected chi connectivity index (χ2v) is 4.75. The van der Waals surface area contributed by atoms with Gasteiger partial charge in [0.15, 0.2) is 0 Å². The Morgan fingerprint density at radius 3 is 2.44 bits per heavy atom. The summed E-state index contributed by atoms with van der Waals surface area (Å²) in [6, 6.07) is 4.66. The Morgan fingerprint density at radius 1 is 1.33 bits per heavy atom. The van der Waals surface area contributed by atoms with Gasteiger partial charge in [0.25, 0.3) is 5.91 Å². The van der Waals surface area contributed by atoms with Crippen molar-refractivity contribution in [3.05, 3.63) is 23.8 Å². The van der Waals surface area contributed by atoms with Gasteiger partial charge in [0.1, 0.15) is 17.1 Å². The molecule has 18 heavy (non-hydrogen) atoms. The van der Waals surface area contributed by atoms with Gasteiger partial charge in [-0.15, -0.1) is 0 Å². The molecule has 1 aliphatic rings. The minimum absolute atomic E-state index is 0.0282. The smallest absolute Gasteiger partial charge is 0.261 e. The van der Waals surface area contributed by atoms with E-state index in [1.54, 1.807) is 4.90 Å². The van der Waals surface area contributed by atoms with Gasteiger partial charge >= 0.3 is 0 Å². The number of carbonyl (C=O) groups is 1. The van der Waals surface area contributed by atoms with E-state index in [4.69, 9.17) is 0 Å². The van der Waals surface area contributed by atoms with Crippen molar-refractivity contribution in [1.82, 2.24) is 4.90 Å². The maximum absolute atomic E-state index is 12.4. The van der Waals surface area contributed by atoms with Gasteiger partial charge in [-0.1, -0.05) is 19.4 Å². The van der Waals surface area contributed by atoms with Gasteiger partial charge < -0.3 is 15.1 Å². The molecule has 1 aliphatic carbocycles. The molecule has 1 amide bonds. The van der Waals surface area contributed by atoms with E-state index in [0.29, 0.717) is 6.54 Å². The van der Waals surface area contributed by atoms with Crippen molar-refractivity contribution in [2.45, 2.75) is 38.6 Å². The van der Waals surface area contributed by atoms with Crippen LogP contribution in [0.25, 0.3) is 0 Å². The summed E-state index contributed by atoms with van der Waals surface area (Å²) in [5.41, 5.74) is 0.0282. The Balaban J connectivity index is 2.22. The number of hydrogen-bond donors (Lipinski definition) is 2. The molecule has 0 aromatic heterocycles. The fraction of sp³-hybridized carbons (Fsp3) is 0.500. The fourth-order valence-corrected chi connectivity index (χ4v) is 2.06. The van der Waals surface area contributed by atoms with Gasteiger partial charge in [-0.05, 0) is 31.4 Å². The topological polar surface area (TPSA) is 60.8 Å². The number of phenols is 2. The molecule has 4 heteroatoms. The molecule has 1 aromatic carbocycles. The lowest BCUT2D eigenvalue weighted by atomic mass is 10.1. The first-order valence-electron chi connectivity index (χ1n) is 6.47. The number of carbonyl (C=O) groups excluding carboxylic acids is 1. The molecule has 4 nitrogen and oxygen atoms in total. The van der Waals surface area contributed by atoms with Crippen LogP contribution in [-0.4, -0.2) is 33.6 Å². The third-order valence-electron chi connectivity index (χ3n) is 3.24. The number of nitrogens with zero attached hydrogens (tertiary/aromatic N) is 1. The molecule has 0 unspecified atom stereocenters. The standard InChI is InChI=1S/C14H19NO3/c1-2-3-9-15(10-7-8-10)14(18)13-11(16)5-4-6-12(13)17/h4-6,10,16-17H,2-3,7-9H2,1H3. The van der Waals surface area contributed by atoms with Crippen LogP contribution in [-0.2, 0) is 0 Å². The largest absolute Gasteiger partial charge is 0.507 e. The first-order chi connectivity index (χ1) is 8.65. The van der Waals surface area contributed by atoms with E-state index in [1.165, 1.54) is 18.2 Å². The molecular formula is C14H19NO3. The summed E-state index contributed by atoms with van der Waals surface area (Å²) in [7, 11) is 0. The van der Waals surface area contributed by atoms with E-state index in [9.17, 15) is 15.0 Å². The lowest BCUT2D eigenvalue weighted by Gasteiger charge is -2.23. The van der Waals surface area contributed by atoms with E-state index >= 15 is 0 Å². The molecule has 0 saturated heterocycles. The molecule has 0 heterocycles. The van der Waals surface area contributed by atoms with E-state index in [0.717, 1.165) is 25.7 Å². The maximum Gasteiger partial charge on any atom is 0.261 e. The normalized spacial score (nSPS) is 14.5. The lowest BCUT2D eigenvalue weighted by Crippen LogP contribution is -2.34. The highest BCUT2D eigenvalue weighted by atomic mass is 16.3. The van der Waals surface area contributed by atoms with Crippen LogP contribution >= 0.6 is 0 Å².